The van der Waals surface area contributed by atoms with Crippen molar-refractivity contribution in [3.05, 3.63) is 53.6 Å². The lowest BCUT2D eigenvalue weighted by Crippen LogP contribution is -2.44. The van der Waals surface area contributed by atoms with Crippen molar-refractivity contribution >= 4 is 27.4 Å². The first-order valence-electron chi connectivity index (χ1n) is 6.44. The number of nitrogens with zero attached hydrogens (tertiary/aromatic N) is 1. The van der Waals surface area contributed by atoms with E-state index in [9.17, 15) is 13.2 Å². The average Bonchev–Trinajstić information content (AvgIpc) is 2.41. The summed E-state index contributed by atoms with van der Waals surface area (Å²) in [5.74, 6) is 0. The highest BCUT2D eigenvalue weighted by Gasteiger charge is 2.38. The SMILES string of the molecule is Cc1ccc(N2C(=O)Nc3ccccc3S2(=O)=O)c(C)c1. The van der Waals surface area contributed by atoms with Gasteiger partial charge in [-0.3, -0.25) is 0 Å². The number of carbonyl (C=O) groups is 1. The van der Waals surface area contributed by atoms with Gasteiger partial charge in [0.2, 0.25) is 0 Å². The molecule has 2 amide bonds. The number of aryl methyl sites for hydroxylation is 2. The van der Waals surface area contributed by atoms with Crippen LogP contribution in [0.3, 0.4) is 0 Å². The summed E-state index contributed by atoms with van der Waals surface area (Å²) >= 11 is 0. The van der Waals surface area contributed by atoms with Crippen LogP contribution in [-0.2, 0) is 10.0 Å². The predicted octanol–water partition coefficient (Wildman–Crippen LogP) is 3.04. The van der Waals surface area contributed by atoms with Crippen LogP contribution in [0.2, 0.25) is 0 Å². The zero-order chi connectivity index (χ0) is 15.2. The van der Waals surface area contributed by atoms with Crippen LogP contribution in [-0.4, -0.2) is 14.4 Å². The molecule has 0 bridgehead atoms. The molecule has 108 valence electrons. The molecule has 1 N–H and O–H groups in total. The molecule has 6 heteroatoms. The molecule has 0 fully saturated rings. The Hall–Kier alpha value is -2.34. The Morgan fingerprint density at radius 3 is 2.48 bits per heavy atom. The van der Waals surface area contributed by atoms with Gasteiger partial charge in [0.15, 0.2) is 0 Å². The Morgan fingerprint density at radius 2 is 1.76 bits per heavy atom. The molecule has 0 unspecified atom stereocenters. The van der Waals surface area contributed by atoms with Crippen molar-refractivity contribution in [2.24, 2.45) is 0 Å². The Balaban J connectivity index is 2.22. The summed E-state index contributed by atoms with van der Waals surface area (Å²) in [6.45, 7) is 3.70. The number of hydrogen-bond acceptors (Lipinski definition) is 3. The highest BCUT2D eigenvalue weighted by molar-refractivity contribution is 7.94. The zero-order valence-corrected chi connectivity index (χ0v) is 12.4. The summed E-state index contributed by atoms with van der Waals surface area (Å²) in [7, 11) is -3.90. The molecule has 0 aliphatic carbocycles. The van der Waals surface area contributed by atoms with Crippen molar-refractivity contribution in [1.82, 2.24) is 0 Å². The van der Waals surface area contributed by atoms with Crippen LogP contribution in [0.1, 0.15) is 11.1 Å². The monoisotopic (exact) mass is 302 g/mol. The van der Waals surface area contributed by atoms with Crippen LogP contribution < -0.4 is 9.62 Å². The van der Waals surface area contributed by atoms with Crippen molar-refractivity contribution in [3.8, 4) is 0 Å². The minimum Gasteiger partial charge on any atom is -0.305 e. The first-order valence-corrected chi connectivity index (χ1v) is 7.88. The van der Waals surface area contributed by atoms with Gasteiger partial charge in [-0.2, -0.15) is 4.31 Å². The molecule has 1 heterocycles. The molecule has 5 nitrogen and oxygen atoms in total. The highest BCUT2D eigenvalue weighted by Crippen LogP contribution is 2.34. The number of amides is 2. The molecule has 0 saturated heterocycles. The number of para-hydroxylation sites is 1. The Morgan fingerprint density at radius 1 is 1.05 bits per heavy atom. The van der Waals surface area contributed by atoms with Gasteiger partial charge in [-0.15, -0.1) is 0 Å². The average molecular weight is 302 g/mol. The number of anilines is 2. The van der Waals surface area contributed by atoms with Gasteiger partial charge in [-0.05, 0) is 37.6 Å². The standard InChI is InChI=1S/C15H14N2O3S/c1-10-7-8-13(11(2)9-10)17-15(18)16-12-5-3-4-6-14(12)21(17,19)20/h3-9H,1-2H3,(H,16,18). The molecule has 2 aromatic rings. The van der Waals surface area contributed by atoms with Gasteiger partial charge < -0.3 is 5.32 Å². The molecule has 21 heavy (non-hydrogen) atoms. The van der Waals surface area contributed by atoms with Crippen molar-refractivity contribution in [1.29, 1.82) is 0 Å². The van der Waals surface area contributed by atoms with Gasteiger partial charge in [-0.1, -0.05) is 29.8 Å². The number of hydrogen-bond donors (Lipinski definition) is 1. The second-order valence-electron chi connectivity index (χ2n) is 4.99. The molecule has 2 aromatic carbocycles. The normalized spacial score (nSPS) is 16.3. The fourth-order valence-electron chi connectivity index (χ4n) is 2.44. The van der Waals surface area contributed by atoms with Crippen LogP contribution in [0.4, 0.5) is 16.2 Å². The molecule has 3 rings (SSSR count). The van der Waals surface area contributed by atoms with Crippen LogP contribution in [0.15, 0.2) is 47.4 Å². The van der Waals surface area contributed by atoms with E-state index in [4.69, 9.17) is 0 Å². The number of fused-ring (bicyclic) bond motifs is 1. The van der Waals surface area contributed by atoms with Crippen molar-refractivity contribution < 1.29 is 13.2 Å². The van der Waals surface area contributed by atoms with Crippen LogP contribution in [0.25, 0.3) is 0 Å². The minimum absolute atomic E-state index is 0.101. The fraction of sp³-hybridized carbons (Fsp3) is 0.133. The molecule has 1 aliphatic rings. The molecular formula is C15H14N2O3S. The molecule has 0 spiro atoms. The van der Waals surface area contributed by atoms with E-state index < -0.39 is 16.1 Å². The smallest absolute Gasteiger partial charge is 0.305 e. The van der Waals surface area contributed by atoms with Crippen molar-refractivity contribution in [2.75, 3.05) is 9.62 Å². The van der Waals surface area contributed by atoms with Crippen LogP contribution in [0.5, 0.6) is 0 Å². The fourth-order valence-corrected chi connectivity index (χ4v) is 4.01. The highest BCUT2D eigenvalue weighted by atomic mass is 32.2. The number of benzene rings is 2. The van der Waals surface area contributed by atoms with E-state index in [0.717, 1.165) is 15.4 Å². The number of sulfonamides is 1. The predicted molar refractivity (Wildman–Crippen MR) is 81.0 cm³/mol. The van der Waals surface area contributed by atoms with Crippen LogP contribution >= 0.6 is 0 Å². The lowest BCUT2D eigenvalue weighted by atomic mass is 10.1. The zero-order valence-electron chi connectivity index (χ0n) is 11.6. The number of nitrogens with one attached hydrogen (secondary N) is 1. The van der Waals surface area contributed by atoms with E-state index in [-0.39, 0.29) is 4.90 Å². The number of urea groups is 1. The second kappa shape index (κ2) is 4.60. The van der Waals surface area contributed by atoms with Crippen molar-refractivity contribution in [3.63, 3.8) is 0 Å². The van der Waals surface area contributed by atoms with E-state index >= 15 is 0 Å². The van der Waals surface area contributed by atoms with Crippen molar-refractivity contribution in [2.45, 2.75) is 18.7 Å². The lowest BCUT2D eigenvalue weighted by Gasteiger charge is -2.29. The summed E-state index contributed by atoms with van der Waals surface area (Å²) in [6, 6.07) is 11.0. The maximum atomic E-state index is 12.7. The molecule has 1 aliphatic heterocycles. The topological polar surface area (TPSA) is 66.5 Å². The van der Waals surface area contributed by atoms with Gasteiger partial charge in [-0.25, -0.2) is 13.2 Å². The first-order chi connectivity index (χ1) is 9.91. The third kappa shape index (κ3) is 2.08. The van der Waals surface area contributed by atoms with Gasteiger partial charge in [0.05, 0.1) is 11.4 Å². The summed E-state index contributed by atoms with van der Waals surface area (Å²) < 4.78 is 26.3. The minimum atomic E-state index is -3.90. The summed E-state index contributed by atoms with van der Waals surface area (Å²) in [6.07, 6.45) is 0. The molecule has 0 aromatic heterocycles. The third-order valence-corrected chi connectivity index (χ3v) is 5.16. The van der Waals surface area contributed by atoms with Crippen LogP contribution in [0, 0.1) is 13.8 Å². The Bertz CT molecular complexity index is 844. The number of carbonyl (C=O) groups excluding carboxylic acids is 1. The van der Waals surface area contributed by atoms with E-state index in [1.165, 1.54) is 6.07 Å². The van der Waals surface area contributed by atoms with Gasteiger partial charge in [0.25, 0.3) is 10.0 Å². The Labute approximate surface area is 123 Å². The Kier molecular flexibility index (Phi) is 2.98. The van der Waals surface area contributed by atoms with Gasteiger partial charge >= 0.3 is 6.03 Å². The van der Waals surface area contributed by atoms with Gasteiger partial charge in [0.1, 0.15) is 4.90 Å². The molecule has 0 saturated carbocycles. The third-order valence-electron chi connectivity index (χ3n) is 3.40. The quantitative estimate of drug-likeness (QED) is 0.880. The summed E-state index contributed by atoms with van der Waals surface area (Å²) in [4.78, 5) is 12.3. The second-order valence-corrected chi connectivity index (χ2v) is 6.74. The first kappa shape index (κ1) is 13.6. The summed E-state index contributed by atoms with van der Waals surface area (Å²) in [5.41, 5.74) is 2.41. The molecular weight excluding hydrogens is 288 g/mol. The molecule has 0 atom stereocenters. The lowest BCUT2D eigenvalue weighted by molar-refractivity contribution is 0.259. The van der Waals surface area contributed by atoms with Gasteiger partial charge in [0, 0.05) is 0 Å². The maximum absolute atomic E-state index is 12.7. The largest absolute Gasteiger partial charge is 0.340 e. The summed E-state index contributed by atoms with van der Waals surface area (Å²) in [5, 5.41) is 2.61. The van der Waals surface area contributed by atoms with E-state index in [1.54, 1.807) is 37.3 Å². The number of rotatable bonds is 1. The molecule has 0 radical (unpaired) electrons. The maximum Gasteiger partial charge on any atom is 0.340 e. The van der Waals surface area contributed by atoms with E-state index in [2.05, 4.69) is 5.32 Å². The van der Waals surface area contributed by atoms with E-state index in [1.807, 2.05) is 13.0 Å². The van der Waals surface area contributed by atoms with E-state index in [0.29, 0.717) is 11.4 Å².